The van der Waals surface area contributed by atoms with Crippen LogP contribution >= 0.6 is 23.1 Å². The molecule has 11 heteroatoms. The summed E-state index contributed by atoms with van der Waals surface area (Å²) in [5.74, 6) is 0.341. The Morgan fingerprint density at radius 3 is 2.59 bits per heavy atom. The van der Waals surface area contributed by atoms with Gasteiger partial charge in [0.05, 0.1) is 5.69 Å². The van der Waals surface area contributed by atoms with Crippen LogP contribution in [0.25, 0.3) is 16.3 Å². The van der Waals surface area contributed by atoms with Gasteiger partial charge in [0, 0.05) is 44.3 Å². The molecule has 1 aliphatic rings. The van der Waals surface area contributed by atoms with Crippen LogP contribution in [0.4, 0.5) is 23.4 Å². The predicted molar refractivity (Wildman–Crippen MR) is 128 cm³/mol. The van der Waals surface area contributed by atoms with E-state index in [0.717, 1.165) is 21.0 Å². The lowest BCUT2D eigenvalue weighted by molar-refractivity contribution is -0.284. The number of aryl methyl sites for hydroxylation is 1. The predicted octanol–water partition coefficient (Wildman–Crippen LogP) is 6.49. The molecule has 0 aliphatic carbocycles. The van der Waals surface area contributed by atoms with Crippen LogP contribution in [0.5, 0.6) is 0 Å². The third kappa shape index (κ3) is 4.83. The molecule has 5 nitrogen and oxygen atoms in total. The number of rotatable bonds is 7. The average molecular weight is 515 g/mol. The SMILES string of the molecule is CCCOC1(C(F)(F)F)CCN(c2nc(-n3cc(-c4cccc(F)c4)c(C)n3)sc2SC)CC1. The zero-order chi connectivity index (χ0) is 24.5. The molecule has 1 saturated heterocycles. The second-order valence-electron chi connectivity index (χ2n) is 8.22. The molecule has 0 spiro atoms. The maximum atomic E-state index is 13.8. The number of anilines is 1. The number of thiazole rings is 1. The fraction of sp³-hybridized carbons (Fsp3) is 0.478. The Balaban J connectivity index is 1.58. The average Bonchev–Trinajstić information content (AvgIpc) is 3.41. The van der Waals surface area contributed by atoms with Crippen LogP contribution in [-0.2, 0) is 4.74 Å². The zero-order valence-corrected chi connectivity index (χ0v) is 20.8. The Morgan fingerprint density at radius 1 is 1.24 bits per heavy atom. The van der Waals surface area contributed by atoms with Gasteiger partial charge in [0.1, 0.15) is 10.0 Å². The molecule has 0 unspecified atom stereocenters. The third-order valence-electron chi connectivity index (χ3n) is 5.95. The van der Waals surface area contributed by atoms with E-state index in [9.17, 15) is 17.6 Å². The Morgan fingerprint density at radius 2 is 1.97 bits per heavy atom. The summed E-state index contributed by atoms with van der Waals surface area (Å²) in [5.41, 5.74) is 0.144. The maximum Gasteiger partial charge on any atom is 0.417 e. The summed E-state index contributed by atoms with van der Waals surface area (Å²) < 4.78 is 63.1. The number of ether oxygens (including phenoxy) is 1. The highest BCUT2D eigenvalue weighted by Crippen LogP contribution is 2.44. The maximum absolute atomic E-state index is 13.8. The number of nitrogens with zero attached hydrogens (tertiary/aromatic N) is 4. The van der Waals surface area contributed by atoms with Crippen molar-refractivity contribution in [2.75, 3.05) is 30.9 Å². The van der Waals surface area contributed by atoms with Gasteiger partial charge in [-0.25, -0.2) is 9.07 Å². The van der Waals surface area contributed by atoms with Gasteiger partial charge in [0.15, 0.2) is 11.4 Å². The molecular formula is C23H26F4N4OS2. The number of hydrogen-bond acceptors (Lipinski definition) is 6. The summed E-state index contributed by atoms with van der Waals surface area (Å²) in [6, 6.07) is 6.31. The van der Waals surface area contributed by atoms with E-state index in [1.54, 1.807) is 23.9 Å². The van der Waals surface area contributed by atoms with Crippen LogP contribution in [0.2, 0.25) is 0 Å². The highest BCUT2D eigenvalue weighted by molar-refractivity contribution is 8.00. The first kappa shape index (κ1) is 25.0. The van der Waals surface area contributed by atoms with Crippen LogP contribution in [0.1, 0.15) is 31.9 Å². The van der Waals surface area contributed by atoms with Gasteiger partial charge in [-0.1, -0.05) is 30.4 Å². The number of piperidine rings is 1. The van der Waals surface area contributed by atoms with Crippen LogP contribution in [0.3, 0.4) is 0 Å². The normalized spacial score (nSPS) is 16.3. The van der Waals surface area contributed by atoms with E-state index >= 15 is 0 Å². The van der Waals surface area contributed by atoms with Gasteiger partial charge < -0.3 is 9.64 Å². The first-order valence-electron chi connectivity index (χ1n) is 11.0. The molecule has 3 heterocycles. The van der Waals surface area contributed by atoms with Crippen molar-refractivity contribution in [2.24, 2.45) is 0 Å². The molecule has 0 radical (unpaired) electrons. The number of thioether (sulfide) groups is 1. The van der Waals surface area contributed by atoms with Crippen molar-refractivity contribution >= 4 is 28.9 Å². The third-order valence-corrected chi connectivity index (χ3v) is 8.09. The molecule has 1 aromatic carbocycles. The fourth-order valence-corrected chi connectivity index (χ4v) is 5.77. The van der Waals surface area contributed by atoms with E-state index in [0.29, 0.717) is 17.4 Å². The molecule has 1 aliphatic heterocycles. The van der Waals surface area contributed by atoms with E-state index in [1.165, 1.54) is 35.2 Å². The number of benzene rings is 1. The smallest absolute Gasteiger partial charge is 0.365 e. The Bertz CT molecular complexity index is 1140. The minimum Gasteiger partial charge on any atom is -0.365 e. The molecule has 0 amide bonds. The molecule has 0 bridgehead atoms. The van der Waals surface area contributed by atoms with Crippen molar-refractivity contribution < 1.29 is 22.3 Å². The van der Waals surface area contributed by atoms with E-state index < -0.39 is 11.8 Å². The summed E-state index contributed by atoms with van der Waals surface area (Å²) in [5, 5.41) is 5.17. The van der Waals surface area contributed by atoms with Gasteiger partial charge in [-0.05, 0) is 37.3 Å². The van der Waals surface area contributed by atoms with E-state index in [2.05, 4.69) is 5.10 Å². The standard InChI is InChI=1S/C23H26F4N4OS2/c1-4-12-32-22(23(25,26)27)8-10-30(11-9-22)19-20(33-3)34-21(28-19)31-14-18(15(2)29-31)16-6-5-7-17(24)13-16/h5-7,13-14H,4,8-12H2,1-3H3. The Kier molecular flexibility index (Phi) is 7.25. The minimum absolute atomic E-state index is 0.0860. The molecule has 3 aromatic rings. The van der Waals surface area contributed by atoms with Crippen molar-refractivity contribution in [1.82, 2.24) is 14.8 Å². The van der Waals surface area contributed by atoms with E-state index in [4.69, 9.17) is 9.72 Å². The van der Waals surface area contributed by atoms with Gasteiger partial charge in [0.2, 0.25) is 5.13 Å². The Hall–Kier alpha value is -2.11. The molecule has 0 N–H and O–H groups in total. The highest BCUT2D eigenvalue weighted by atomic mass is 32.2. The van der Waals surface area contributed by atoms with Gasteiger partial charge in [-0.2, -0.15) is 23.3 Å². The summed E-state index contributed by atoms with van der Waals surface area (Å²) in [6.45, 7) is 4.14. The van der Waals surface area contributed by atoms with Crippen LogP contribution in [-0.4, -0.2) is 52.5 Å². The molecule has 184 valence electrons. The van der Waals surface area contributed by atoms with Crippen molar-refractivity contribution in [3.8, 4) is 16.3 Å². The van der Waals surface area contributed by atoms with Crippen LogP contribution in [0.15, 0.2) is 34.7 Å². The van der Waals surface area contributed by atoms with Crippen molar-refractivity contribution in [3.63, 3.8) is 0 Å². The van der Waals surface area contributed by atoms with Gasteiger partial charge in [0.25, 0.3) is 0 Å². The van der Waals surface area contributed by atoms with Gasteiger partial charge in [-0.3, -0.25) is 0 Å². The fourth-order valence-electron chi connectivity index (χ4n) is 4.10. The quantitative estimate of drug-likeness (QED) is 0.266. The lowest BCUT2D eigenvalue weighted by atomic mass is 9.90. The molecule has 1 fully saturated rings. The molecule has 4 rings (SSSR count). The number of alkyl halides is 3. The first-order chi connectivity index (χ1) is 16.2. The molecule has 0 saturated carbocycles. The van der Waals surface area contributed by atoms with Crippen molar-refractivity contribution in [3.05, 3.63) is 42.0 Å². The summed E-state index contributed by atoms with van der Waals surface area (Å²) >= 11 is 2.93. The highest BCUT2D eigenvalue weighted by Gasteiger charge is 2.57. The number of halogens is 4. The molecule has 2 aromatic heterocycles. The lowest BCUT2D eigenvalue weighted by Crippen LogP contribution is -2.55. The van der Waals surface area contributed by atoms with Gasteiger partial charge >= 0.3 is 6.18 Å². The summed E-state index contributed by atoms with van der Waals surface area (Å²) in [4.78, 5) is 6.64. The first-order valence-corrected chi connectivity index (χ1v) is 13.0. The second kappa shape index (κ2) is 9.87. The summed E-state index contributed by atoms with van der Waals surface area (Å²) in [7, 11) is 0. The molecular weight excluding hydrogens is 488 g/mol. The molecule has 34 heavy (non-hydrogen) atoms. The Labute approximate surface area is 204 Å². The summed E-state index contributed by atoms with van der Waals surface area (Å²) in [6.07, 6.45) is -0.427. The minimum atomic E-state index is -4.41. The second-order valence-corrected chi connectivity index (χ2v) is 10.3. The van der Waals surface area contributed by atoms with E-state index in [-0.39, 0.29) is 38.4 Å². The van der Waals surface area contributed by atoms with E-state index in [1.807, 2.05) is 24.1 Å². The zero-order valence-electron chi connectivity index (χ0n) is 19.2. The van der Waals surface area contributed by atoms with Gasteiger partial charge in [-0.15, -0.1) is 11.8 Å². The van der Waals surface area contributed by atoms with Crippen molar-refractivity contribution in [1.29, 1.82) is 0 Å². The number of hydrogen-bond donors (Lipinski definition) is 0. The van der Waals surface area contributed by atoms with Crippen LogP contribution in [0, 0.1) is 12.7 Å². The topological polar surface area (TPSA) is 43.2 Å². The van der Waals surface area contributed by atoms with Crippen LogP contribution < -0.4 is 4.90 Å². The van der Waals surface area contributed by atoms with Crippen molar-refractivity contribution in [2.45, 2.75) is 49.1 Å². The molecule has 0 atom stereocenters. The monoisotopic (exact) mass is 514 g/mol. The number of aromatic nitrogens is 3. The lowest BCUT2D eigenvalue weighted by Gasteiger charge is -2.42. The largest absolute Gasteiger partial charge is 0.417 e.